The minimum absolute atomic E-state index is 0.0760. The number of aryl methyl sites for hydroxylation is 1. The third-order valence-corrected chi connectivity index (χ3v) is 6.44. The molecule has 154 valence electrons. The van der Waals surface area contributed by atoms with Gasteiger partial charge in [0.2, 0.25) is 5.17 Å². The molecule has 7 heteroatoms. The molecule has 2 aromatic rings. The summed E-state index contributed by atoms with van der Waals surface area (Å²) in [7, 11) is 0. The molecule has 1 aromatic heterocycles. The van der Waals surface area contributed by atoms with E-state index in [2.05, 4.69) is 52.8 Å². The second kappa shape index (κ2) is 7.72. The van der Waals surface area contributed by atoms with Crippen LogP contribution in [0.25, 0.3) is 11.8 Å². The van der Waals surface area contributed by atoms with Crippen molar-refractivity contribution in [3.05, 3.63) is 58.4 Å². The van der Waals surface area contributed by atoms with Crippen LogP contribution in [0.5, 0.6) is 0 Å². The van der Waals surface area contributed by atoms with Crippen molar-refractivity contribution < 1.29 is 4.79 Å². The van der Waals surface area contributed by atoms with E-state index in [0.717, 1.165) is 34.1 Å². The van der Waals surface area contributed by atoms with E-state index in [9.17, 15) is 4.79 Å². The molecular weight excluding hydrogens is 394 g/mol. The number of carbonyl (C=O) groups excluding carboxylic acids is 1. The highest BCUT2D eigenvalue weighted by atomic mass is 32.2. The summed E-state index contributed by atoms with van der Waals surface area (Å²) in [5.41, 5.74) is 5.63. The lowest BCUT2D eigenvalue weighted by molar-refractivity contribution is -0.114. The van der Waals surface area contributed by atoms with E-state index in [-0.39, 0.29) is 11.4 Å². The maximum absolute atomic E-state index is 12.6. The van der Waals surface area contributed by atoms with Crippen LogP contribution in [-0.2, 0) is 4.79 Å². The Bertz CT molecular complexity index is 1140. The third kappa shape index (κ3) is 3.43. The topological polar surface area (TPSA) is 73.8 Å². The van der Waals surface area contributed by atoms with Crippen LogP contribution in [-0.4, -0.2) is 31.5 Å². The van der Waals surface area contributed by atoms with Crippen molar-refractivity contribution in [2.75, 3.05) is 0 Å². The van der Waals surface area contributed by atoms with Gasteiger partial charge in [0, 0.05) is 17.1 Å². The van der Waals surface area contributed by atoms with E-state index in [4.69, 9.17) is 5.41 Å². The van der Waals surface area contributed by atoms with Crippen LogP contribution in [0.3, 0.4) is 0 Å². The summed E-state index contributed by atoms with van der Waals surface area (Å²) in [5, 5.41) is 15.7. The zero-order valence-electron chi connectivity index (χ0n) is 17.9. The number of aliphatic imine (C=N–C) groups is 1. The van der Waals surface area contributed by atoms with Gasteiger partial charge in [0.05, 0.1) is 5.57 Å². The fraction of sp³-hybridized carbons (Fsp3) is 0.304. The number of amidine groups is 2. The smallest absolute Gasteiger partial charge is 0.283 e. The Balaban J connectivity index is 1.72. The average molecular weight is 420 g/mol. The summed E-state index contributed by atoms with van der Waals surface area (Å²) in [5.74, 6) is 0.170. The zero-order valence-corrected chi connectivity index (χ0v) is 18.7. The molecule has 1 N–H and O–H groups in total. The lowest BCUT2D eigenvalue weighted by atomic mass is 10.0. The number of carbonyl (C=O) groups is 1. The van der Waals surface area contributed by atoms with Gasteiger partial charge in [-0.3, -0.25) is 10.2 Å². The van der Waals surface area contributed by atoms with Gasteiger partial charge < -0.3 is 4.57 Å². The van der Waals surface area contributed by atoms with Gasteiger partial charge in [-0.1, -0.05) is 32.9 Å². The Morgan fingerprint density at radius 1 is 1.20 bits per heavy atom. The molecule has 3 heterocycles. The molecule has 4 rings (SSSR count). The number of thioether (sulfide) groups is 1. The number of nitrogens with one attached hydrogen (secondary N) is 1. The van der Waals surface area contributed by atoms with Crippen molar-refractivity contribution in [1.29, 1.82) is 5.41 Å². The highest BCUT2D eigenvalue weighted by Crippen LogP contribution is 2.30. The summed E-state index contributed by atoms with van der Waals surface area (Å²) in [6.45, 7) is 10.4. The quantitative estimate of drug-likeness (QED) is 0.688. The monoisotopic (exact) mass is 419 g/mol. The number of aromatic nitrogens is 1. The predicted molar refractivity (Wildman–Crippen MR) is 125 cm³/mol. The first-order valence-electron chi connectivity index (χ1n) is 10.1. The van der Waals surface area contributed by atoms with E-state index >= 15 is 0 Å². The summed E-state index contributed by atoms with van der Waals surface area (Å²) in [6.07, 6.45) is 2.51. The van der Waals surface area contributed by atoms with Crippen molar-refractivity contribution in [3.63, 3.8) is 0 Å². The van der Waals surface area contributed by atoms with Crippen LogP contribution in [0, 0.1) is 19.3 Å². The number of amides is 1. The molecule has 0 radical (unpaired) electrons. The van der Waals surface area contributed by atoms with E-state index in [1.807, 2.05) is 26.8 Å². The lowest BCUT2D eigenvalue weighted by Gasteiger charge is -2.20. The fourth-order valence-electron chi connectivity index (χ4n) is 3.67. The maximum atomic E-state index is 12.6. The van der Waals surface area contributed by atoms with Crippen molar-refractivity contribution in [1.82, 2.24) is 9.58 Å². The van der Waals surface area contributed by atoms with Crippen LogP contribution >= 0.6 is 11.8 Å². The third-order valence-electron chi connectivity index (χ3n) is 5.39. The van der Waals surface area contributed by atoms with Crippen LogP contribution in [0.4, 0.5) is 0 Å². The van der Waals surface area contributed by atoms with Gasteiger partial charge in [-0.2, -0.15) is 15.1 Å². The van der Waals surface area contributed by atoms with E-state index in [1.54, 1.807) is 6.08 Å². The Morgan fingerprint density at radius 2 is 1.90 bits per heavy atom. The van der Waals surface area contributed by atoms with E-state index in [1.165, 1.54) is 22.3 Å². The summed E-state index contributed by atoms with van der Waals surface area (Å²) in [6, 6.07) is 10.6. The summed E-state index contributed by atoms with van der Waals surface area (Å²) in [4.78, 5) is 16.8. The SMILES string of the molecule is CCC1=NN2C(=N)/C(=C/c3cc(C)n(-c4ccc(C(C)C)cc4)c3C)C(=O)N=C2S1. The van der Waals surface area contributed by atoms with E-state index < -0.39 is 5.91 Å². The number of nitrogens with zero attached hydrogens (tertiary/aromatic N) is 4. The number of rotatable bonds is 4. The second-order valence-electron chi connectivity index (χ2n) is 7.78. The highest BCUT2D eigenvalue weighted by molar-refractivity contribution is 8.26. The zero-order chi connectivity index (χ0) is 21.6. The first-order chi connectivity index (χ1) is 14.3. The molecule has 1 amide bonds. The maximum Gasteiger partial charge on any atom is 0.283 e. The Kier molecular flexibility index (Phi) is 5.24. The lowest BCUT2D eigenvalue weighted by Crippen LogP contribution is -2.35. The molecule has 0 aliphatic carbocycles. The predicted octanol–water partition coefficient (Wildman–Crippen LogP) is 5.25. The second-order valence-corrected chi connectivity index (χ2v) is 8.82. The van der Waals surface area contributed by atoms with Gasteiger partial charge in [-0.05, 0) is 73.4 Å². The Labute approximate surface area is 180 Å². The van der Waals surface area contributed by atoms with Gasteiger partial charge in [-0.25, -0.2) is 0 Å². The molecule has 0 saturated heterocycles. The first kappa shape index (κ1) is 20.3. The molecule has 30 heavy (non-hydrogen) atoms. The number of hydrogen-bond acceptors (Lipinski definition) is 4. The highest BCUT2D eigenvalue weighted by Gasteiger charge is 2.35. The van der Waals surface area contributed by atoms with Crippen LogP contribution in [0.15, 0.2) is 46.0 Å². The van der Waals surface area contributed by atoms with Crippen molar-refractivity contribution in [2.45, 2.75) is 47.0 Å². The van der Waals surface area contributed by atoms with Crippen molar-refractivity contribution >= 4 is 39.8 Å². The minimum Gasteiger partial charge on any atom is -0.318 e. The number of fused-ring (bicyclic) bond motifs is 1. The molecule has 0 spiro atoms. The first-order valence-corrected chi connectivity index (χ1v) is 10.9. The van der Waals surface area contributed by atoms with Gasteiger partial charge in [0.25, 0.3) is 5.91 Å². The van der Waals surface area contributed by atoms with Crippen molar-refractivity contribution in [3.8, 4) is 5.69 Å². The van der Waals surface area contributed by atoms with Gasteiger partial charge in [0.15, 0.2) is 5.84 Å². The molecule has 0 bridgehead atoms. The Hall–Kier alpha value is -2.93. The largest absolute Gasteiger partial charge is 0.318 e. The van der Waals surface area contributed by atoms with Crippen LogP contribution in [0.2, 0.25) is 0 Å². The standard InChI is InChI=1S/C23H25N5OS/c1-6-20-26-28-21(24)19(22(29)25-23(28)30-20)12-17-11-14(4)27(15(17)5)18-9-7-16(8-10-18)13(2)3/h7-13,24H,6H2,1-5H3/b19-12-,24-21?. The average Bonchev–Trinajstić information content (AvgIpc) is 3.25. The van der Waals surface area contributed by atoms with Crippen LogP contribution in [0.1, 0.15) is 55.6 Å². The minimum atomic E-state index is -0.391. The molecule has 2 aliphatic rings. The molecule has 0 saturated carbocycles. The van der Waals surface area contributed by atoms with Gasteiger partial charge >= 0.3 is 0 Å². The number of hydrazone groups is 1. The molecule has 1 aromatic carbocycles. The van der Waals surface area contributed by atoms with Crippen molar-refractivity contribution in [2.24, 2.45) is 10.1 Å². The molecule has 2 aliphatic heterocycles. The normalized spacial score (nSPS) is 17.7. The summed E-state index contributed by atoms with van der Waals surface area (Å²) < 4.78 is 2.17. The molecule has 6 nitrogen and oxygen atoms in total. The summed E-state index contributed by atoms with van der Waals surface area (Å²) >= 11 is 1.35. The van der Waals surface area contributed by atoms with Gasteiger partial charge in [-0.15, -0.1) is 0 Å². The number of hydrogen-bond donors (Lipinski definition) is 1. The van der Waals surface area contributed by atoms with Crippen LogP contribution < -0.4 is 0 Å². The fourth-order valence-corrected chi connectivity index (χ4v) is 4.49. The molecule has 0 fully saturated rings. The molecule has 0 unspecified atom stereocenters. The van der Waals surface area contributed by atoms with Gasteiger partial charge in [0.1, 0.15) is 5.04 Å². The van der Waals surface area contributed by atoms with E-state index in [0.29, 0.717) is 11.1 Å². The molecular formula is C23H25N5OS. The number of benzene rings is 1. The Morgan fingerprint density at radius 3 is 2.53 bits per heavy atom. The molecule has 0 atom stereocenters.